The summed E-state index contributed by atoms with van der Waals surface area (Å²) < 4.78 is 13.4. The van der Waals surface area contributed by atoms with Gasteiger partial charge in [-0.3, -0.25) is 4.79 Å². The van der Waals surface area contributed by atoms with Crippen molar-refractivity contribution in [3.8, 4) is 0 Å². The van der Waals surface area contributed by atoms with Crippen molar-refractivity contribution >= 4 is 23.4 Å². The number of anilines is 1. The summed E-state index contributed by atoms with van der Waals surface area (Å²) in [6.45, 7) is 1.73. The van der Waals surface area contributed by atoms with Crippen LogP contribution in [0.2, 0.25) is 5.02 Å². The first-order chi connectivity index (χ1) is 7.41. The monoisotopic (exact) mass is 246 g/mol. The molecule has 16 heavy (non-hydrogen) atoms. The summed E-state index contributed by atoms with van der Waals surface area (Å²) in [5.74, 6) is -1.99. The molecule has 0 radical (unpaired) electrons. The number of halogens is 2. The number of pyridine rings is 1. The maximum Gasteiger partial charge on any atom is 0.308 e. The van der Waals surface area contributed by atoms with Gasteiger partial charge in [-0.1, -0.05) is 18.5 Å². The number of hydrogen-bond acceptors (Lipinski definition) is 3. The largest absolute Gasteiger partial charge is 0.481 e. The first-order valence-corrected chi connectivity index (χ1v) is 5.04. The molecule has 0 amide bonds. The van der Waals surface area contributed by atoms with Crippen LogP contribution in [0.15, 0.2) is 12.3 Å². The molecule has 1 rings (SSSR count). The molecule has 0 fully saturated rings. The molecule has 6 heteroatoms. The highest BCUT2D eigenvalue weighted by atomic mass is 35.5. The molecule has 1 atom stereocenters. The van der Waals surface area contributed by atoms with E-state index in [1.807, 2.05) is 0 Å². The average molecular weight is 247 g/mol. The highest BCUT2D eigenvalue weighted by molar-refractivity contribution is 6.30. The molecule has 1 unspecified atom stereocenters. The quantitative estimate of drug-likeness (QED) is 0.883. The zero-order chi connectivity index (χ0) is 12.3. The molecule has 0 aromatic carbocycles. The third-order valence-corrected chi connectivity index (χ3v) is 2.33. The smallest absolute Gasteiger partial charge is 0.308 e. The Kier molecular flexibility index (Phi) is 4.06. The van der Waals surface area contributed by atoms with E-state index < -0.39 is 17.7 Å². The van der Waals surface area contributed by atoms with Crippen LogP contribution < -0.4 is 4.90 Å². The third kappa shape index (κ3) is 3.06. The van der Waals surface area contributed by atoms with Gasteiger partial charge in [0.05, 0.1) is 10.9 Å². The lowest BCUT2D eigenvalue weighted by Gasteiger charge is -2.20. The molecule has 1 aromatic rings. The maximum atomic E-state index is 13.4. The van der Waals surface area contributed by atoms with Crippen molar-refractivity contribution in [3.05, 3.63) is 23.1 Å². The zero-order valence-electron chi connectivity index (χ0n) is 8.94. The fourth-order valence-corrected chi connectivity index (χ4v) is 1.41. The van der Waals surface area contributed by atoms with Crippen molar-refractivity contribution < 1.29 is 14.3 Å². The van der Waals surface area contributed by atoms with E-state index in [-0.39, 0.29) is 17.4 Å². The number of aromatic nitrogens is 1. The number of hydrogen-bond donors (Lipinski definition) is 1. The van der Waals surface area contributed by atoms with Crippen LogP contribution in [-0.4, -0.2) is 29.7 Å². The molecule has 88 valence electrons. The Morgan fingerprint density at radius 2 is 2.38 bits per heavy atom. The van der Waals surface area contributed by atoms with Gasteiger partial charge in [0, 0.05) is 19.8 Å². The molecule has 0 saturated heterocycles. The fourth-order valence-electron chi connectivity index (χ4n) is 1.26. The van der Waals surface area contributed by atoms with E-state index in [1.54, 1.807) is 14.0 Å². The van der Waals surface area contributed by atoms with E-state index in [1.165, 1.54) is 11.1 Å². The van der Waals surface area contributed by atoms with Crippen LogP contribution in [0.25, 0.3) is 0 Å². The van der Waals surface area contributed by atoms with Gasteiger partial charge in [-0.25, -0.2) is 9.37 Å². The third-order valence-electron chi connectivity index (χ3n) is 2.12. The number of nitrogens with zero attached hydrogens (tertiary/aromatic N) is 2. The van der Waals surface area contributed by atoms with Crippen LogP contribution in [0.1, 0.15) is 6.92 Å². The Balaban J connectivity index is 2.80. The van der Waals surface area contributed by atoms with Crippen LogP contribution in [0.5, 0.6) is 0 Å². The van der Waals surface area contributed by atoms with Crippen molar-refractivity contribution in [2.24, 2.45) is 5.92 Å². The summed E-state index contributed by atoms with van der Waals surface area (Å²) in [5.41, 5.74) is 0. The van der Waals surface area contributed by atoms with Crippen molar-refractivity contribution in [1.82, 2.24) is 4.98 Å². The van der Waals surface area contributed by atoms with Crippen molar-refractivity contribution in [3.63, 3.8) is 0 Å². The topological polar surface area (TPSA) is 53.4 Å². The van der Waals surface area contributed by atoms with Crippen LogP contribution in [0.4, 0.5) is 10.2 Å². The normalized spacial score (nSPS) is 12.2. The van der Waals surface area contributed by atoms with Gasteiger partial charge in [0.25, 0.3) is 0 Å². The number of rotatable bonds is 4. The molecule has 4 nitrogen and oxygen atoms in total. The van der Waals surface area contributed by atoms with Gasteiger partial charge in [-0.2, -0.15) is 0 Å². The molecule has 1 aromatic heterocycles. The summed E-state index contributed by atoms with van der Waals surface area (Å²) in [6.07, 6.45) is 1.32. The predicted molar refractivity (Wildman–Crippen MR) is 59.3 cm³/mol. The zero-order valence-corrected chi connectivity index (χ0v) is 9.70. The second-order valence-corrected chi connectivity index (χ2v) is 4.02. The summed E-state index contributed by atoms with van der Waals surface area (Å²) in [6, 6.07) is 1.14. The highest BCUT2D eigenvalue weighted by Crippen LogP contribution is 2.19. The Morgan fingerprint density at radius 1 is 1.75 bits per heavy atom. The Hall–Kier alpha value is -1.36. The highest BCUT2D eigenvalue weighted by Gasteiger charge is 2.17. The Morgan fingerprint density at radius 3 is 2.88 bits per heavy atom. The van der Waals surface area contributed by atoms with Crippen LogP contribution in [0.3, 0.4) is 0 Å². The maximum absolute atomic E-state index is 13.4. The first-order valence-electron chi connectivity index (χ1n) is 4.66. The van der Waals surface area contributed by atoms with Gasteiger partial charge in [0.2, 0.25) is 0 Å². The molecule has 1 heterocycles. The molecular weight excluding hydrogens is 235 g/mol. The van der Waals surface area contributed by atoms with Crippen molar-refractivity contribution in [2.45, 2.75) is 6.92 Å². The molecule has 0 aliphatic heterocycles. The summed E-state index contributed by atoms with van der Waals surface area (Å²) >= 11 is 5.56. The van der Waals surface area contributed by atoms with Gasteiger partial charge < -0.3 is 10.0 Å². The number of carboxylic acids is 1. The number of carboxylic acid groups (broad SMARTS) is 1. The fraction of sp³-hybridized carbons (Fsp3) is 0.400. The Labute approximate surface area is 97.7 Å². The van der Waals surface area contributed by atoms with E-state index in [9.17, 15) is 9.18 Å². The predicted octanol–water partition coefficient (Wildman–Crippen LogP) is 2.03. The molecule has 1 N–H and O–H groups in total. The average Bonchev–Trinajstić information content (AvgIpc) is 2.16. The summed E-state index contributed by atoms with van der Waals surface area (Å²) in [7, 11) is 1.58. The minimum atomic E-state index is -0.929. The second kappa shape index (κ2) is 5.12. The molecule has 0 aliphatic rings. The van der Waals surface area contributed by atoms with E-state index in [0.29, 0.717) is 0 Å². The SMILES string of the molecule is CC(CN(C)c1ncc(Cl)cc1F)C(=O)O. The standard InChI is InChI=1S/C10H12ClFN2O2/c1-6(10(15)16)5-14(2)9-8(12)3-7(11)4-13-9/h3-4,6H,5H2,1-2H3,(H,15,16). The molecular formula is C10H12ClFN2O2. The summed E-state index contributed by atoms with van der Waals surface area (Å²) in [5, 5.41) is 8.94. The van der Waals surface area contributed by atoms with Crippen LogP contribution in [-0.2, 0) is 4.79 Å². The van der Waals surface area contributed by atoms with Crippen molar-refractivity contribution in [2.75, 3.05) is 18.5 Å². The molecule has 0 saturated carbocycles. The number of aliphatic carboxylic acids is 1. The molecule has 0 bridgehead atoms. The minimum Gasteiger partial charge on any atom is -0.481 e. The van der Waals surface area contributed by atoms with E-state index in [0.717, 1.165) is 6.07 Å². The lowest BCUT2D eigenvalue weighted by atomic mass is 10.2. The van der Waals surface area contributed by atoms with Crippen LogP contribution >= 0.6 is 11.6 Å². The van der Waals surface area contributed by atoms with Gasteiger partial charge in [-0.05, 0) is 6.07 Å². The molecule has 0 aliphatic carbocycles. The van der Waals surface area contributed by atoms with E-state index in [4.69, 9.17) is 16.7 Å². The van der Waals surface area contributed by atoms with Gasteiger partial charge in [0.1, 0.15) is 0 Å². The number of carbonyl (C=O) groups is 1. The van der Waals surface area contributed by atoms with Gasteiger partial charge in [0.15, 0.2) is 11.6 Å². The van der Waals surface area contributed by atoms with Gasteiger partial charge >= 0.3 is 5.97 Å². The molecule has 0 spiro atoms. The first kappa shape index (κ1) is 12.7. The van der Waals surface area contributed by atoms with Crippen molar-refractivity contribution in [1.29, 1.82) is 0 Å². The summed E-state index contributed by atoms with van der Waals surface area (Å²) in [4.78, 5) is 15.9. The van der Waals surface area contributed by atoms with Gasteiger partial charge in [-0.15, -0.1) is 0 Å². The lowest BCUT2D eigenvalue weighted by Crippen LogP contribution is -2.29. The second-order valence-electron chi connectivity index (χ2n) is 3.58. The van der Waals surface area contributed by atoms with E-state index >= 15 is 0 Å². The Bertz CT molecular complexity index is 400. The van der Waals surface area contributed by atoms with E-state index in [2.05, 4.69) is 4.98 Å². The minimum absolute atomic E-state index is 0.0949. The van der Waals surface area contributed by atoms with Crippen LogP contribution in [0, 0.1) is 11.7 Å². The lowest BCUT2D eigenvalue weighted by molar-refractivity contribution is -0.140.